The van der Waals surface area contributed by atoms with Gasteiger partial charge in [0.05, 0.1) is 34.6 Å². The Hall–Kier alpha value is -5.07. The van der Waals surface area contributed by atoms with Gasteiger partial charge in [0.1, 0.15) is 0 Å². The van der Waals surface area contributed by atoms with Crippen LogP contribution in [0, 0.1) is 13.8 Å². The normalized spacial score (nSPS) is 15.2. The van der Waals surface area contributed by atoms with E-state index in [1.54, 1.807) is 6.92 Å². The Morgan fingerprint density at radius 1 is 0.793 bits per heavy atom. The molecule has 3 aromatic rings. The first kappa shape index (κ1) is 44.0. The molecule has 5 heterocycles. The summed E-state index contributed by atoms with van der Waals surface area (Å²) in [4.78, 5) is 57.9. The van der Waals surface area contributed by atoms with E-state index in [2.05, 4.69) is 78.5 Å². The summed E-state index contributed by atoms with van der Waals surface area (Å²) in [6.45, 7) is 22.6. The van der Waals surface area contributed by atoms with Gasteiger partial charge >= 0.3 is 5.97 Å². The summed E-state index contributed by atoms with van der Waals surface area (Å²) in [6, 6.07) is 6.02. The van der Waals surface area contributed by atoms with Crippen LogP contribution >= 0.6 is 0 Å². The number of carboxylic acids is 1. The number of unbranched alkanes of at least 4 members (excludes halogenated alkanes) is 2. The number of nitrogens with zero attached hydrogens (tertiary/aromatic N) is 2. The van der Waals surface area contributed by atoms with Gasteiger partial charge in [-0.1, -0.05) is 53.2 Å². The van der Waals surface area contributed by atoms with Crippen LogP contribution < -0.4 is 21.3 Å². The van der Waals surface area contributed by atoms with E-state index in [9.17, 15) is 19.5 Å². The van der Waals surface area contributed by atoms with Crippen molar-refractivity contribution in [2.24, 2.45) is 0 Å². The Morgan fingerprint density at radius 2 is 1.45 bits per heavy atom. The molecule has 312 valence electrons. The van der Waals surface area contributed by atoms with Gasteiger partial charge in [-0.25, -0.2) is 9.78 Å². The number of allylic oxidation sites excluding steroid dienone is 3. The molecular weight excluding hydrogens is 729 g/mol. The van der Waals surface area contributed by atoms with Gasteiger partial charge in [-0.2, -0.15) is 0 Å². The first-order valence-corrected chi connectivity index (χ1v) is 21.2. The van der Waals surface area contributed by atoms with E-state index < -0.39 is 5.97 Å². The predicted octanol–water partition coefficient (Wildman–Crippen LogP) is 7.53. The molecule has 2 aliphatic rings. The molecule has 3 aromatic heterocycles. The van der Waals surface area contributed by atoms with Crippen molar-refractivity contribution in [1.29, 1.82) is 0 Å². The van der Waals surface area contributed by atoms with Crippen LogP contribution in [0.3, 0.4) is 0 Å². The molecule has 0 saturated heterocycles. The number of fused-ring (bicyclic) bond motifs is 8. The van der Waals surface area contributed by atoms with Crippen LogP contribution in [-0.2, 0) is 22.4 Å². The average Bonchev–Trinajstić information content (AvgIpc) is 3.88. The molecule has 7 N–H and O–H groups in total. The zero-order valence-corrected chi connectivity index (χ0v) is 35.6. The molecule has 0 spiro atoms. The lowest BCUT2D eigenvalue weighted by Gasteiger charge is -2.18. The number of rotatable bonds is 20. The van der Waals surface area contributed by atoms with Crippen molar-refractivity contribution in [1.82, 2.24) is 41.2 Å². The second kappa shape index (κ2) is 20.6. The molecule has 0 saturated carbocycles. The number of hydrogen-bond acceptors (Lipinski definition) is 7. The molecule has 0 aliphatic carbocycles. The van der Waals surface area contributed by atoms with E-state index in [0.29, 0.717) is 60.5 Å². The van der Waals surface area contributed by atoms with Crippen molar-refractivity contribution in [2.45, 2.75) is 112 Å². The smallest absolute Gasteiger partial charge is 0.338 e. The summed E-state index contributed by atoms with van der Waals surface area (Å²) in [5.41, 5.74) is 10.9. The number of aryl methyl sites for hydroxylation is 3. The molecule has 5 rings (SSSR count). The molecule has 0 aromatic carbocycles. The van der Waals surface area contributed by atoms with E-state index in [-0.39, 0.29) is 42.1 Å². The fourth-order valence-corrected chi connectivity index (χ4v) is 8.13. The third kappa shape index (κ3) is 10.1. The Balaban J connectivity index is 1.74. The monoisotopic (exact) mass is 793 g/mol. The highest BCUT2D eigenvalue weighted by atomic mass is 16.4. The number of nitrogens with one attached hydrogen (secondary N) is 6. The van der Waals surface area contributed by atoms with Gasteiger partial charge in [0.2, 0.25) is 11.8 Å². The first-order valence-electron chi connectivity index (χ1n) is 21.2. The van der Waals surface area contributed by atoms with Crippen molar-refractivity contribution in [3.8, 4) is 0 Å². The van der Waals surface area contributed by atoms with Crippen LogP contribution in [0.1, 0.15) is 140 Å². The van der Waals surface area contributed by atoms with Gasteiger partial charge in [0, 0.05) is 77.8 Å². The zero-order chi connectivity index (χ0) is 41.9. The van der Waals surface area contributed by atoms with Crippen molar-refractivity contribution in [3.63, 3.8) is 0 Å². The van der Waals surface area contributed by atoms with Gasteiger partial charge in [-0.05, 0) is 100 Å². The van der Waals surface area contributed by atoms with Crippen LogP contribution in [0.5, 0.6) is 0 Å². The van der Waals surface area contributed by atoms with E-state index in [4.69, 9.17) is 9.97 Å². The van der Waals surface area contributed by atoms with Crippen LogP contribution in [0.2, 0.25) is 0 Å². The number of carboxylic acid groups (broad SMARTS) is 1. The minimum absolute atomic E-state index is 0.0649. The summed E-state index contributed by atoms with van der Waals surface area (Å²) >= 11 is 0. The van der Waals surface area contributed by atoms with E-state index >= 15 is 0 Å². The summed E-state index contributed by atoms with van der Waals surface area (Å²) in [5, 5.41) is 23.6. The van der Waals surface area contributed by atoms with Crippen molar-refractivity contribution in [2.75, 3.05) is 39.3 Å². The van der Waals surface area contributed by atoms with E-state index in [1.807, 2.05) is 25.1 Å². The maximum absolute atomic E-state index is 13.9. The van der Waals surface area contributed by atoms with Crippen molar-refractivity contribution in [3.05, 3.63) is 81.4 Å². The fraction of sp³-hybridized carbons (Fsp3) is 0.500. The fourth-order valence-electron chi connectivity index (χ4n) is 8.13. The van der Waals surface area contributed by atoms with Crippen LogP contribution in [-0.4, -0.2) is 82.1 Å². The van der Waals surface area contributed by atoms with Gasteiger partial charge in [-0.15, -0.1) is 0 Å². The molecule has 12 nitrogen and oxygen atoms in total. The number of hydrogen-bond donors (Lipinski definition) is 7. The topological polar surface area (TPSA) is 177 Å². The Kier molecular flexibility index (Phi) is 15.6. The molecular formula is C46H64N8O4. The first-order chi connectivity index (χ1) is 27.9. The zero-order valence-electron chi connectivity index (χ0n) is 35.6. The molecule has 0 radical (unpaired) electrons. The molecule has 2 aliphatic heterocycles. The third-order valence-electron chi connectivity index (χ3n) is 11.6. The average molecular weight is 793 g/mol. The van der Waals surface area contributed by atoms with Gasteiger partial charge < -0.3 is 36.3 Å². The summed E-state index contributed by atoms with van der Waals surface area (Å²) < 4.78 is 0. The maximum atomic E-state index is 13.9. The molecule has 0 unspecified atom stereocenters. The molecule has 2 atom stereocenters. The van der Waals surface area contributed by atoms with Gasteiger partial charge in [0.25, 0.3) is 0 Å². The number of carbonyl (C=O) groups excluding carboxylic acids is 2. The highest BCUT2D eigenvalue weighted by Gasteiger charge is 2.34. The second-order valence-corrected chi connectivity index (χ2v) is 15.6. The summed E-state index contributed by atoms with van der Waals surface area (Å²) in [5.74, 6) is -1.85. The van der Waals surface area contributed by atoms with Gasteiger partial charge in [-0.3, -0.25) is 14.6 Å². The Morgan fingerprint density at radius 3 is 2.07 bits per heavy atom. The highest BCUT2D eigenvalue weighted by molar-refractivity contribution is 6.03. The lowest BCUT2D eigenvalue weighted by Crippen LogP contribution is -2.33. The standard InChI is InChI=1S/C46H64N8O4/c1-9-13-17-47-19-21-49-41(55)16-15-33-29(7)37-24-35-27(5)31(11-3)39(51-35)25-36-28(6)32(12-4)40(52-36)26-38-30(8)43(46(57)58)45(54-38)34(44(33)53-37)23-42(56)50-22-20-48-18-14-10-2/h11,24-26,29,33,47-48,52,54H,3,9-10,12-23H2,1-2,4-8H3,(H,49,55)(H,50,56)(H,57,58)/t29-,33-/m0/s1. The Labute approximate surface area is 343 Å². The minimum atomic E-state index is -1.10. The predicted molar refractivity (Wildman–Crippen MR) is 235 cm³/mol. The van der Waals surface area contributed by atoms with E-state index in [0.717, 1.165) is 95.6 Å². The van der Waals surface area contributed by atoms with Crippen LogP contribution in [0.15, 0.2) is 30.9 Å². The quantitative estimate of drug-likeness (QED) is 0.0575. The SMILES string of the molecule is C=CC1=C(C)c2cc3nc(c(CC(=O)NCCNCCCC)c4[nH]c(cc5[nH]c(cc1n2)c(C)c5CC)c(C)c4C(=O)O)[C@@H](CCC(=O)NCCNCCCC)[C@@H]3C. The molecule has 58 heavy (non-hydrogen) atoms. The highest BCUT2D eigenvalue weighted by Crippen LogP contribution is 2.43. The van der Waals surface area contributed by atoms with Crippen LogP contribution in [0.25, 0.3) is 33.2 Å². The number of aromatic nitrogens is 4. The summed E-state index contributed by atoms with van der Waals surface area (Å²) in [6.07, 6.45) is 7.51. The molecule has 0 fully saturated rings. The third-order valence-corrected chi connectivity index (χ3v) is 11.6. The summed E-state index contributed by atoms with van der Waals surface area (Å²) in [7, 11) is 0. The Bertz CT molecular complexity index is 2200. The largest absolute Gasteiger partial charge is 0.478 e. The van der Waals surface area contributed by atoms with Crippen LogP contribution in [0.4, 0.5) is 0 Å². The maximum Gasteiger partial charge on any atom is 0.338 e. The molecule has 12 heteroatoms. The van der Waals surface area contributed by atoms with E-state index in [1.165, 1.54) is 0 Å². The van der Waals surface area contributed by atoms with Gasteiger partial charge in [0.15, 0.2) is 0 Å². The number of carbonyl (C=O) groups is 3. The number of aromatic amines is 2. The number of H-pyrrole nitrogens is 2. The van der Waals surface area contributed by atoms with Crippen molar-refractivity contribution >= 4 is 51.0 Å². The number of aromatic carboxylic acids is 1. The minimum Gasteiger partial charge on any atom is -0.478 e. The lowest BCUT2D eigenvalue weighted by molar-refractivity contribution is -0.121. The van der Waals surface area contributed by atoms with Crippen molar-refractivity contribution < 1.29 is 19.5 Å². The molecule has 2 amide bonds. The lowest BCUT2D eigenvalue weighted by atomic mass is 9.84. The number of amides is 2. The second-order valence-electron chi connectivity index (χ2n) is 15.6. The molecule has 8 bridgehead atoms.